The summed E-state index contributed by atoms with van der Waals surface area (Å²) in [6, 6.07) is 24.7. The highest BCUT2D eigenvalue weighted by Crippen LogP contribution is 2.19. The van der Waals surface area contributed by atoms with Crippen molar-refractivity contribution in [2.75, 3.05) is 20.8 Å². The molecule has 0 unspecified atom stereocenters. The molecule has 2 N–H and O–H groups in total. The molecule has 0 radical (unpaired) electrons. The standard InChI is InChI=1S/C25H27N3O4/c1-28(16-21-10-6-7-11-23(21)30-2)24(29)18-32-27-25(26)20-12-14-22(15-13-20)31-17-19-8-4-3-5-9-19/h3-15H,16-18H2,1-2H3,(H2,26,27). The van der Waals surface area contributed by atoms with E-state index in [1.165, 1.54) is 0 Å². The van der Waals surface area contributed by atoms with Crippen LogP contribution < -0.4 is 15.2 Å². The molecule has 0 spiro atoms. The average Bonchev–Trinajstić information content (AvgIpc) is 2.83. The van der Waals surface area contributed by atoms with Crippen LogP contribution in [0.15, 0.2) is 84.0 Å². The van der Waals surface area contributed by atoms with Crippen LogP contribution in [0.5, 0.6) is 11.5 Å². The molecule has 0 aliphatic rings. The van der Waals surface area contributed by atoms with Crippen LogP contribution in [-0.2, 0) is 22.8 Å². The van der Waals surface area contributed by atoms with Crippen LogP contribution in [0.25, 0.3) is 0 Å². The fourth-order valence-corrected chi connectivity index (χ4v) is 2.96. The van der Waals surface area contributed by atoms with Crippen LogP contribution in [0.4, 0.5) is 0 Å². The topological polar surface area (TPSA) is 86.4 Å². The molecule has 3 aromatic carbocycles. The molecular weight excluding hydrogens is 406 g/mol. The summed E-state index contributed by atoms with van der Waals surface area (Å²) in [7, 11) is 3.29. The molecule has 3 rings (SSSR count). The van der Waals surface area contributed by atoms with Gasteiger partial charge in [0.2, 0.25) is 0 Å². The zero-order chi connectivity index (χ0) is 22.8. The third-order valence-corrected chi connectivity index (χ3v) is 4.78. The van der Waals surface area contributed by atoms with Crippen molar-refractivity contribution in [3.63, 3.8) is 0 Å². The van der Waals surface area contributed by atoms with E-state index in [0.29, 0.717) is 18.7 Å². The van der Waals surface area contributed by atoms with Crippen LogP contribution >= 0.6 is 0 Å². The van der Waals surface area contributed by atoms with Crippen molar-refractivity contribution in [3.8, 4) is 11.5 Å². The maximum Gasteiger partial charge on any atom is 0.263 e. The monoisotopic (exact) mass is 433 g/mol. The van der Waals surface area contributed by atoms with Crippen molar-refractivity contribution in [2.24, 2.45) is 10.9 Å². The summed E-state index contributed by atoms with van der Waals surface area (Å²) in [5, 5.41) is 3.86. The molecule has 32 heavy (non-hydrogen) atoms. The van der Waals surface area contributed by atoms with E-state index in [-0.39, 0.29) is 18.3 Å². The number of hydrogen-bond acceptors (Lipinski definition) is 5. The molecule has 7 nitrogen and oxygen atoms in total. The van der Waals surface area contributed by atoms with Crippen LogP contribution in [0.3, 0.4) is 0 Å². The lowest BCUT2D eigenvalue weighted by molar-refractivity contribution is -0.135. The van der Waals surface area contributed by atoms with Crippen molar-refractivity contribution < 1.29 is 19.1 Å². The molecule has 0 saturated heterocycles. The lowest BCUT2D eigenvalue weighted by Gasteiger charge is -2.18. The molecular formula is C25H27N3O4. The first kappa shape index (κ1) is 22.7. The number of rotatable bonds is 10. The maximum absolute atomic E-state index is 12.3. The van der Waals surface area contributed by atoms with Crippen LogP contribution in [0.2, 0.25) is 0 Å². The van der Waals surface area contributed by atoms with Gasteiger partial charge in [0.1, 0.15) is 18.1 Å². The average molecular weight is 434 g/mol. The highest BCUT2D eigenvalue weighted by Gasteiger charge is 2.12. The molecule has 166 valence electrons. The van der Waals surface area contributed by atoms with Gasteiger partial charge in [0.05, 0.1) is 7.11 Å². The number of carbonyl (C=O) groups is 1. The highest BCUT2D eigenvalue weighted by atomic mass is 16.6. The first-order valence-electron chi connectivity index (χ1n) is 10.1. The number of methoxy groups -OCH3 is 1. The quantitative estimate of drug-likeness (QED) is 0.300. The zero-order valence-electron chi connectivity index (χ0n) is 18.2. The first-order valence-corrected chi connectivity index (χ1v) is 10.1. The minimum absolute atomic E-state index is 0.180. The number of nitrogens with two attached hydrogens (primary N) is 1. The number of ether oxygens (including phenoxy) is 2. The summed E-state index contributed by atoms with van der Waals surface area (Å²) in [5.74, 6) is 1.41. The number of nitrogens with zero attached hydrogens (tertiary/aromatic N) is 2. The van der Waals surface area contributed by atoms with E-state index >= 15 is 0 Å². The third-order valence-electron chi connectivity index (χ3n) is 4.78. The van der Waals surface area contributed by atoms with Gasteiger partial charge in [-0.05, 0) is 35.9 Å². The Morgan fingerprint density at radius 1 is 0.969 bits per heavy atom. The number of benzene rings is 3. The number of amidine groups is 1. The van der Waals surface area contributed by atoms with Gasteiger partial charge in [0.15, 0.2) is 12.4 Å². The number of hydrogen-bond donors (Lipinski definition) is 1. The minimum Gasteiger partial charge on any atom is -0.496 e. The van der Waals surface area contributed by atoms with Crippen molar-refractivity contribution >= 4 is 11.7 Å². The summed E-state index contributed by atoms with van der Waals surface area (Å²) in [6.45, 7) is 0.665. The first-order chi connectivity index (χ1) is 15.6. The number of carbonyl (C=O) groups excluding carboxylic acids is 1. The number of oxime groups is 1. The smallest absolute Gasteiger partial charge is 0.263 e. The Labute approximate surface area is 188 Å². The Kier molecular flexibility index (Phi) is 8.09. The molecule has 0 bridgehead atoms. The van der Waals surface area contributed by atoms with Crippen LogP contribution in [0.1, 0.15) is 16.7 Å². The van der Waals surface area contributed by atoms with Crippen molar-refractivity contribution in [1.82, 2.24) is 4.90 Å². The van der Waals surface area contributed by atoms with Gasteiger partial charge in [-0.15, -0.1) is 0 Å². The zero-order valence-corrected chi connectivity index (χ0v) is 18.2. The van der Waals surface area contributed by atoms with Gasteiger partial charge in [-0.25, -0.2) is 0 Å². The van der Waals surface area contributed by atoms with E-state index in [1.807, 2.05) is 66.7 Å². The molecule has 0 aromatic heterocycles. The Balaban J connectivity index is 1.47. The van der Waals surface area contributed by atoms with Crippen molar-refractivity contribution in [2.45, 2.75) is 13.2 Å². The van der Waals surface area contributed by atoms with Gasteiger partial charge in [-0.2, -0.15) is 0 Å². The van der Waals surface area contributed by atoms with Gasteiger partial charge in [-0.1, -0.05) is 53.7 Å². The predicted molar refractivity (Wildman–Crippen MR) is 123 cm³/mol. The van der Waals surface area contributed by atoms with Crippen LogP contribution in [0, 0.1) is 0 Å². The SMILES string of the molecule is COc1ccccc1CN(C)C(=O)CO/N=C(/N)c1ccc(OCc2ccccc2)cc1. The molecule has 7 heteroatoms. The Bertz CT molecular complexity index is 1040. The fourth-order valence-electron chi connectivity index (χ4n) is 2.96. The van der Waals surface area contributed by atoms with Gasteiger partial charge in [0.25, 0.3) is 5.91 Å². The largest absolute Gasteiger partial charge is 0.496 e. The van der Waals surface area contributed by atoms with E-state index in [4.69, 9.17) is 20.0 Å². The van der Waals surface area contributed by atoms with E-state index in [9.17, 15) is 4.79 Å². The Morgan fingerprint density at radius 2 is 1.66 bits per heavy atom. The van der Waals surface area contributed by atoms with Crippen LogP contribution in [-0.4, -0.2) is 37.4 Å². The molecule has 3 aromatic rings. The molecule has 0 aliphatic heterocycles. The summed E-state index contributed by atoms with van der Waals surface area (Å²) >= 11 is 0. The second-order valence-corrected chi connectivity index (χ2v) is 7.11. The van der Waals surface area contributed by atoms with Gasteiger partial charge >= 0.3 is 0 Å². The van der Waals surface area contributed by atoms with Gasteiger partial charge in [-0.3, -0.25) is 4.79 Å². The Hall–Kier alpha value is -4.00. The van der Waals surface area contributed by atoms with Crippen molar-refractivity contribution in [3.05, 3.63) is 95.6 Å². The number of likely N-dealkylation sites (N-methyl/N-ethyl adjacent to an activating group) is 1. The van der Waals surface area contributed by atoms with E-state index in [0.717, 1.165) is 22.6 Å². The number of amides is 1. The lowest BCUT2D eigenvalue weighted by Crippen LogP contribution is -2.29. The summed E-state index contributed by atoms with van der Waals surface area (Å²) in [5.41, 5.74) is 8.64. The van der Waals surface area contributed by atoms with E-state index < -0.39 is 0 Å². The molecule has 0 heterocycles. The normalized spacial score (nSPS) is 11.0. The summed E-state index contributed by atoms with van der Waals surface area (Å²) < 4.78 is 11.1. The highest BCUT2D eigenvalue weighted by molar-refractivity contribution is 5.97. The molecule has 0 aliphatic carbocycles. The molecule has 0 atom stereocenters. The molecule has 0 saturated carbocycles. The number of para-hydroxylation sites is 1. The predicted octanol–water partition coefficient (Wildman–Crippen LogP) is 3.57. The third kappa shape index (κ3) is 6.50. The van der Waals surface area contributed by atoms with Gasteiger partial charge < -0.3 is 24.9 Å². The minimum atomic E-state index is -0.225. The summed E-state index contributed by atoms with van der Waals surface area (Å²) in [4.78, 5) is 19.0. The van der Waals surface area contributed by atoms with E-state index in [2.05, 4.69) is 5.16 Å². The van der Waals surface area contributed by atoms with Gasteiger partial charge in [0, 0.05) is 24.7 Å². The second-order valence-electron chi connectivity index (χ2n) is 7.11. The molecule has 1 amide bonds. The van der Waals surface area contributed by atoms with Crippen molar-refractivity contribution in [1.29, 1.82) is 0 Å². The fraction of sp³-hybridized carbons (Fsp3) is 0.200. The lowest BCUT2D eigenvalue weighted by atomic mass is 10.2. The maximum atomic E-state index is 12.3. The summed E-state index contributed by atoms with van der Waals surface area (Å²) in [6.07, 6.45) is 0. The van der Waals surface area contributed by atoms with E-state index in [1.54, 1.807) is 31.2 Å². The molecule has 0 fully saturated rings. The Morgan fingerprint density at radius 3 is 2.38 bits per heavy atom. The second kappa shape index (κ2) is 11.4.